The average molecular weight is 595 g/mol. The molecule has 0 saturated heterocycles. The molecule has 1 aromatic heterocycles. The van der Waals surface area contributed by atoms with Gasteiger partial charge in [-0.15, -0.1) is 11.3 Å². The van der Waals surface area contributed by atoms with E-state index < -0.39 is 10.0 Å². The van der Waals surface area contributed by atoms with E-state index in [4.69, 9.17) is 0 Å². The maximum absolute atomic E-state index is 13.8. The highest BCUT2D eigenvalue weighted by molar-refractivity contribution is 7.89. The van der Waals surface area contributed by atoms with Gasteiger partial charge >= 0.3 is 0 Å². The van der Waals surface area contributed by atoms with Crippen LogP contribution < -0.4 is 5.32 Å². The van der Waals surface area contributed by atoms with Gasteiger partial charge in [-0.1, -0.05) is 38.1 Å². The summed E-state index contributed by atoms with van der Waals surface area (Å²) in [6, 6.07) is 14.0. The van der Waals surface area contributed by atoms with Crippen LogP contribution in [0.2, 0.25) is 0 Å². The van der Waals surface area contributed by atoms with Crippen LogP contribution in [0.25, 0.3) is 0 Å². The number of hydrogen-bond acceptors (Lipinski definition) is 6. The largest absolute Gasteiger partial charge is 0.339 e. The second-order valence-corrected chi connectivity index (χ2v) is 13.9. The minimum Gasteiger partial charge on any atom is -0.339 e. The zero-order chi connectivity index (χ0) is 29.1. The Balaban J connectivity index is 1.37. The first-order chi connectivity index (χ1) is 19.7. The van der Waals surface area contributed by atoms with Crippen LogP contribution in [0, 0.1) is 0 Å². The Morgan fingerprint density at radius 3 is 2.29 bits per heavy atom. The van der Waals surface area contributed by atoms with E-state index in [9.17, 15) is 18.0 Å². The summed E-state index contributed by atoms with van der Waals surface area (Å²) in [5.74, 6) is -0.394. The minimum atomic E-state index is -3.70. The summed E-state index contributed by atoms with van der Waals surface area (Å²) in [6.45, 7) is 7.82. The van der Waals surface area contributed by atoms with Crippen molar-refractivity contribution in [3.05, 3.63) is 81.2 Å². The Bertz CT molecular complexity index is 1530. The smallest absolute Gasteiger partial charge is 0.257 e. The Morgan fingerprint density at radius 1 is 0.927 bits per heavy atom. The molecule has 0 atom stereocenters. The summed E-state index contributed by atoms with van der Waals surface area (Å²) in [4.78, 5) is 32.5. The van der Waals surface area contributed by atoms with Crippen molar-refractivity contribution in [1.82, 2.24) is 14.1 Å². The molecule has 3 heterocycles. The SMILES string of the molecule is CCCN(CCC)C(=O)c1c(NC(=O)c2ccc(S(=O)(=O)N3CCc4ccccc4C3)cc2)sc2c1CCN(C)C2. The Labute approximate surface area is 247 Å². The van der Waals surface area contributed by atoms with Gasteiger partial charge in [0.2, 0.25) is 10.0 Å². The summed E-state index contributed by atoms with van der Waals surface area (Å²) >= 11 is 1.47. The van der Waals surface area contributed by atoms with E-state index in [2.05, 4.69) is 31.1 Å². The Hall–Kier alpha value is -3.05. The number of likely N-dealkylation sites (N-methyl/N-ethyl adjacent to an activating group) is 1. The van der Waals surface area contributed by atoms with Gasteiger partial charge in [0.15, 0.2) is 0 Å². The number of carbonyl (C=O) groups is 2. The standard InChI is InChI=1S/C31H38N4O4S2/c1-4-16-34(17-5-2)31(37)28-26-15-18-33(3)21-27(26)40-30(28)32-29(36)23-10-12-25(13-11-23)41(38,39)35-19-14-22-8-6-7-9-24(22)20-35/h6-13H,4-5,14-21H2,1-3H3,(H,32,36). The molecule has 0 aliphatic carbocycles. The van der Waals surface area contributed by atoms with Crippen molar-refractivity contribution in [1.29, 1.82) is 0 Å². The van der Waals surface area contributed by atoms with Gasteiger partial charge in [0.1, 0.15) is 5.00 Å². The molecule has 0 bridgehead atoms. The lowest BCUT2D eigenvalue weighted by Crippen LogP contribution is -2.35. The summed E-state index contributed by atoms with van der Waals surface area (Å²) in [7, 11) is -1.65. The fourth-order valence-corrected chi connectivity index (χ4v) is 8.37. The number of carbonyl (C=O) groups excluding carboxylic acids is 2. The third-order valence-electron chi connectivity index (χ3n) is 7.81. The van der Waals surface area contributed by atoms with E-state index in [1.807, 2.05) is 29.2 Å². The van der Waals surface area contributed by atoms with Crippen LogP contribution in [0.5, 0.6) is 0 Å². The molecule has 41 heavy (non-hydrogen) atoms. The maximum atomic E-state index is 13.8. The van der Waals surface area contributed by atoms with Gasteiger partial charge in [-0.25, -0.2) is 8.42 Å². The summed E-state index contributed by atoms with van der Waals surface area (Å²) < 4.78 is 28.3. The van der Waals surface area contributed by atoms with Gasteiger partial charge in [0, 0.05) is 49.7 Å². The van der Waals surface area contributed by atoms with Crippen molar-refractivity contribution >= 4 is 38.2 Å². The molecule has 0 unspecified atom stereocenters. The third kappa shape index (κ3) is 6.11. The second-order valence-electron chi connectivity index (χ2n) is 10.8. The van der Waals surface area contributed by atoms with Crippen LogP contribution in [0.15, 0.2) is 53.4 Å². The molecule has 2 aliphatic rings. The van der Waals surface area contributed by atoms with Crippen LogP contribution in [0.1, 0.15) is 69.0 Å². The van der Waals surface area contributed by atoms with Crippen molar-refractivity contribution in [2.24, 2.45) is 0 Å². The number of nitrogens with one attached hydrogen (secondary N) is 1. The Kier molecular flexibility index (Phi) is 8.94. The molecular weight excluding hydrogens is 556 g/mol. The molecule has 5 rings (SSSR count). The lowest BCUT2D eigenvalue weighted by Gasteiger charge is -2.28. The Morgan fingerprint density at radius 2 is 1.61 bits per heavy atom. The maximum Gasteiger partial charge on any atom is 0.257 e. The first-order valence-corrected chi connectivity index (χ1v) is 16.6. The molecule has 8 nitrogen and oxygen atoms in total. The van der Waals surface area contributed by atoms with Crippen LogP contribution in [0.3, 0.4) is 0 Å². The molecule has 0 fully saturated rings. The number of thiophene rings is 1. The number of fused-ring (bicyclic) bond motifs is 2. The predicted molar refractivity (Wildman–Crippen MR) is 163 cm³/mol. The monoisotopic (exact) mass is 594 g/mol. The highest BCUT2D eigenvalue weighted by Gasteiger charge is 2.31. The van der Waals surface area contributed by atoms with E-state index in [-0.39, 0.29) is 16.7 Å². The molecule has 0 saturated carbocycles. The molecule has 1 N–H and O–H groups in total. The van der Waals surface area contributed by atoms with Crippen LogP contribution in [-0.4, -0.2) is 67.6 Å². The molecule has 2 amide bonds. The van der Waals surface area contributed by atoms with E-state index in [1.54, 1.807) is 12.1 Å². The van der Waals surface area contributed by atoms with Crippen molar-refractivity contribution in [2.75, 3.05) is 38.5 Å². The molecule has 0 spiro atoms. The van der Waals surface area contributed by atoms with Crippen LogP contribution in [-0.2, 0) is 36.0 Å². The molecule has 218 valence electrons. The van der Waals surface area contributed by atoms with Crippen LogP contribution >= 0.6 is 11.3 Å². The van der Waals surface area contributed by atoms with Crippen molar-refractivity contribution in [3.63, 3.8) is 0 Å². The highest BCUT2D eigenvalue weighted by Crippen LogP contribution is 2.38. The van der Waals surface area contributed by atoms with Gasteiger partial charge < -0.3 is 15.1 Å². The lowest BCUT2D eigenvalue weighted by molar-refractivity contribution is 0.0755. The minimum absolute atomic E-state index is 0.0319. The third-order valence-corrected chi connectivity index (χ3v) is 10.8. The van der Waals surface area contributed by atoms with Gasteiger partial charge in [-0.3, -0.25) is 9.59 Å². The van der Waals surface area contributed by atoms with Crippen molar-refractivity contribution in [3.8, 4) is 0 Å². The van der Waals surface area contributed by atoms with E-state index >= 15 is 0 Å². The zero-order valence-electron chi connectivity index (χ0n) is 24.0. The average Bonchev–Trinajstić information content (AvgIpc) is 3.33. The van der Waals surface area contributed by atoms with Gasteiger partial charge in [-0.05, 0) is 73.7 Å². The topological polar surface area (TPSA) is 90.0 Å². The van der Waals surface area contributed by atoms with Crippen LogP contribution in [0.4, 0.5) is 5.00 Å². The number of hydrogen-bond donors (Lipinski definition) is 1. The first kappa shape index (κ1) is 29.4. The first-order valence-electron chi connectivity index (χ1n) is 14.3. The molecular formula is C31H38N4O4S2. The quantitative estimate of drug-likeness (QED) is 0.377. The number of nitrogens with zero attached hydrogens (tertiary/aromatic N) is 3. The predicted octanol–water partition coefficient (Wildman–Crippen LogP) is 5.00. The number of amides is 2. The van der Waals surface area contributed by atoms with Gasteiger partial charge in [0.25, 0.3) is 11.8 Å². The fourth-order valence-electron chi connectivity index (χ4n) is 5.64. The fraction of sp³-hybridized carbons (Fsp3) is 0.419. The molecule has 10 heteroatoms. The van der Waals surface area contributed by atoms with E-state index in [0.717, 1.165) is 48.4 Å². The van der Waals surface area contributed by atoms with E-state index in [0.29, 0.717) is 48.7 Å². The normalized spacial score (nSPS) is 15.7. The summed E-state index contributed by atoms with van der Waals surface area (Å²) in [5.41, 5.74) is 4.19. The highest BCUT2D eigenvalue weighted by atomic mass is 32.2. The van der Waals surface area contributed by atoms with Gasteiger partial charge in [-0.2, -0.15) is 4.31 Å². The second kappa shape index (κ2) is 12.4. The number of anilines is 1. The summed E-state index contributed by atoms with van der Waals surface area (Å²) in [5, 5.41) is 3.58. The number of benzene rings is 2. The molecule has 3 aromatic rings. The zero-order valence-corrected chi connectivity index (χ0v) is 25.6. The number of sulfonamides is 1. The van der Waals surface area contributed by atoms with Gasteiger partial charge in [0.05, 0.1) is 10.5 Å². The van der Waals surface area contributed by atoms with E-state index in [1.165, 1.54) is 33.3 Å². The summed E-state index contributed by atoms with van der Waals surface area (Å²) in [6.07, 6.45) is 3.16. The lowest BCUT2D eigenvalue weighted by atomic mass is 10.0. The molecule has 0 radical (unpaired) electrons. The van der Waals surface area contributed by atoms with Crippen molar-refractivity contribution < 1.29 is 18.0 Å². The molecule has 2 aliphatic heterocycles. The number of rotatable bonds is 9. The molecule has 2 aromatic carbocycles. The van der Waals surface area contributed by atoms with Crippen molar-refractivity contribution in [2.45, 2.75) is 57.5 Å².